The zero-order valence-corrected chi connectivity index (χ0v) is 14.0. The van der Waals surface area contributed by atoms with E-state index in [4.69, 9.17) is 21.8 Å². The Hall–Kier alpha value is -3.46. The average molecular weight is 370 g/mol. The minimum absolute atomic E-state index is 0.0303. The normalized spacial score (nSPS) is 11.0. The highest BCUT2D eigenvalue weighted by molar-refractivity contribution is 6.30. The molecule has 0 saturated heterocycles. The van der Waals surface area contributed by atoms with E-state index >= 15 is 0 Å². The lowest BCUT2D eigenvalue weighted by atomic mass is 10.3. The van der Waals surface area contributed by atoms with Gasteiger partial charge in [0.05, 0.1) is 6.26 Å². The van der Waals surface area contributed by atoms with E-state index in [2.05, 4.69) is 25.6 Å². The molecule has 0 saturated carbocycles. The predicted molar refractivity (Wildman–Crippen MR) is 95.3 cm³/mol. The van der Waals surface area contributed by atoms with Crippen molar-refractivity contribution in [3.8, 4) is 11.5 Å². The summed E-state index contributed by atoms with van der Waals surface area (Å²) < 4.78 is 6.70. The maximum absolute atomic E-state index is 12.3. The van der Waals surface area contributed by atoms with Crippen LogP contribution in [-0.2, 0) is 11.3 Å². The number of nitrogens with two attached hydrogens (primary N) is 1. The highest BCUT2D eigenvalue weighted by Gasteiger charge is 2.18. The Morgan fingerprint density at radius 3 is 2.92 bits per heavy atom. The summed E-state index contributed by atoms with van der Waals surface area (Å²) in [5, 5.41) is 11.3. The van der Waals surface area contributed by atoms with Gasteiger partial charge >= 0.3 is 0 Å². The third-order valence-electron chi connectivity index (χ3n) is 3.54. The number of nitrogen functional groups attached to an aromatic ring is 1. The molecule has 1 aromatic carbocycles. The first-order valence-corrected chi connectivity index (χ1v) is 7.94. The first-order valence-electron chi connectivity index (χ1n) is 7.56. The Morgan fingerprint density at radius 1 is 1.27 bits per heavy atom. The second-order valence-electron chi connectivity index (χ2n) is 5.39. The van der Waals surface area contributed by atoms with Crippen molar-refractivity contribution in [1.29, 1.82) is 0 Å². The second kappa shape index (κ2) is 6.45. The number of benzene rings is 1. The molecule has 3 heterocycles. The quantitative estimate of drug-likeness (QED) is 0.565. The zero-order valence-electron chi connectivity index (χ0n) is 13.3. The molecule has 130 valence electrons. The van der Waals surface area contributed by atoms with E-state index in [0.29, 0.717) is 33.3 Å². The molecule has 0 bridgehead atoms. The van der Waals surface area contributed by atoms with Crippen molar-refractivity contribution in [1.82, 2.24) is 25.0 Å². The molecule has 1 amide bonds. The Balaban J connectivity index is 1.64. The number of carbonyl (C=O) groups is 1. The standard InChI is InChI=1S/C16H12ClN7O2/c17-9-3-1-4-10(7-9)19-12(25)8-24-15-14(22-23-24)13(20-16(18)21-15)11-5-2-6-26-11/h1-7H,8H2,(H,19,25)(H2,18,20,21). The molecule has 0 aliphatic rings. The number of carbonyl (C=O) groups excluding carboxylic acids is 1. The summed E-state index contributed by atoms with van der Waals surface area (Å²) >= 11 is 5.91. The van der Waals surface area contributed by atoms with Crippen LogP contribution < -0.4 is 11.1 Å². The van der Waals surface area contributed by atoms with Gasteiger partial charge < -0.3 is 15.5 Å². The van der Waals surface area contributed by atoms with Crippen LogP contribution in [0.4, 0.5) is 11.6 Å². The lowest BCUT2D eigenvalue weighted by Gasteiger charge is -2.06. The Kier molecular flexibility index (Phi) is 3.98. The number of hydrogen-bond acceptors (Lipinski definition) is 7. The van der Waals surface area contributed by atoms with Crippen molar-refractivity contribution in [3.63, 3.8) is 0 Å². The molecule has 4 aromatic rings. The van der Waals surface area contributed by atoms with Crippen molar-refractivity contribution in [2.45, 2.75) is 6.54 Å². The second-order valence-corrected chi connectivity index (χ2v) is 5.82. The van der Waals surface area contributed by atoms with Crippen LogP contribution in [0.3, 0.4) is 0 Å². The molecule has 0 fully saturated rings. The number of nitrogens with one attached hydrogen (secondary N) is 1. The molecule has 0 spiro atoms. The van der Waals surface area contributed by atoms with Crippen LogP contribution >= 0.6 is 11.6 Å². The van der Waals surface area contributed by atoms with Gasteiger partial charge in [0.15, 0.2) is 16.9 Å². The molecule has 3 N–H and O–H groups in total. The fourth-order valence-electron chi connectivity index (χ4n) is 2.47. The van der Waals surface area contributed by atoms with Crippen LogP contribution in [0.25, 0.3) is 22.6 Å². The topological polar surface area (TPSA) is 125 Å². The van der Waals surface area contributed by atoms with Crippen LogP contribution in [0, 0.1) is 0 Å². The predicted octanol–water partition coefficient (Wildman–Crippen LogP) is 2.36. The van der Waals surface area contributed by atoms with Crippen molar-refractivity contribution in [3.05, 3.63) is 47.7 Å². The van der Waals surface area contributed by atoms with Gasteiger partial charge in [0, 0.05) is 10.7 Å². The van der Waals surface area contributed by atoms with E-state index in [9.17, 15) is 4.79 Å². The molecule has 4 rings (SSSR count). The van der Waals surface area contributed by atoms with E-state index in [1.54, 1.807) is 36.4 Å². The average Bonchev–Trinajstić information content (AvgIpc) is 3.25. The highest BCUT2D eigenvalue weighted by atomic mass is 35.5. The SMILES string of the molecule is Nc1nc(-c2ccco2)c2nnn(CC(=O)Nc3cccc(Cl)c3)c2n1. The summed E-state index contributed by atoms with van der Waals surface area (Å²) in [7, 11) is 0. The number of amides is 1. The van der Waals surface area contributed by atoms with E-state index in [1.165, 1.54) is 10.9 Å². The molecular weight excluding hydrogens is 358 g/mol. The molecule has 0 unspecified atom stereocenters. The number of anilines is 2. The van der Waals surface area contributed by atoms with Crippen molar-refractivity contribution >= 4 is 40.3 Å². The summed E-state index contributed by atoms with van der Waals surface area (Å²) in [5.41, 5.74) is 7.51. The van der Waals surface area contributed by atoms with Crippen LogP contribution in [0.1, 0.15) is 0 Å². The highest BCUT2D eigenvalue weighted by Crippen LogP contribution is 2.25. The van der Waals surface area contributed by atoms with E-state index in [1.807, 2.05) is 0 Å². The van der Waals surface area contributed by atoms with Crippen LogP contribution in [0.15, 0.2) is 47.1 Å². The van der Waals surface area contributed by atoms with E-state index in [0.717, 1.165) is 0 Å². The number of fused-ring (bicyclic) bond motifs is 1. The number of furan rings is 1. The van der Waals surface area contributed by atoms with Gasteiger partial charge in [-0.3, -0.25) is 4.79 Å². The number of nitrogens with zero attached hydrogens (tertiary/aromatic N) is 5. The summed E-state index contributed by atoms with van der Waals surface area (Å²) in [6, 6.07) is 10.3. The largest absolute Gasteiger partial charge is 0.463 e. The van der Waals surface area contributed by atoms with Crippen LogP contribution in [-0.4, -0.2) is 30.9 Å². The van der Waals surface area contributed by atoms with Crippen molar-refractivity contribution < 1.29 is 9.21 Å². The first-order chi connectivity index (χ1) is 12.6. The molecule has 3 aromatic heterocycles. The van der Waals surface area contributed by atoms with E-state index in [-0.39, 0.29) is 18.4 Å². The maximum atomic E-state index is 12.3. The van der Waals surface area contributed by atoms with Gasteiger partial charge in [-0.25, -0.2) is 9.67 Å². The lowest BCUT2D eigenvalue weighted by Crippen LogP contribution is -2.20. The third kappa shape index (κ3) is 3.07. The van der Waals surface area contributed by atoms with Gasteiger partial charge in [-0.1, -0.05) is 22.9 Å². The summed E-state index contributed by atoms with van der Waals surface area (Å²) in [5.74, 6) is 0.207. The summed E-state index contributed by atoms with van der Waals surface area (Å²) in [4.78, 5) is 20.6. The number of aromatic nitrogens is 5. The third-order valence-corrected chi connectivity index (χ3v) is 3.77. The maximum Gasteiger partial charge on any atom is 0.246 e. The van der Waals surface area contributed by atoms with Gasteiger partial charge in [0.2, 0.25) is 11.9 Å². The Labute approximate surface area is 151 Å². The van der Waals surface area contributed by atoms with Crippen molar-refractivity contribution in [2.75, 3.05) is 11.1 Å². The van der Waals surface area contributed by atoms with E-state index < -0.39 is 0 Å². The minimum Gasteiger partial charge on any atom is -0.463 e. The van der Waals surface area contributed by atoms with Crippen molar-refractivity contribution in [2.24, 2.45) is 0 Å². The fraction of sp³-hybridized carbons (Fsp3) is 0.0625. The molecular formula is C16H12ClN7O2. The molecule has 26 heavy (non-hydrogen) atoms. The Bertz CT molecular complexity index is 1090. The number of halogens is 1. The van der Waals surface area contributed by atoms with Gasteiger partial charge in [-0.05, 0) is 30.3 Å². The zero-order chi connectivity index (χ0) is 18.1. The van der Waals surface area contributed by atoms with Gasteiger partial charge in [0.25, 0.3) is 0 Å². The molecule has 0 radical (unpaired) electrons. The lowest BCUT2D eigenvalue weighted by molar-refractivity contribution is -0.116. The Morgan fingerprint density at radius 2 is 2.15 bits per heavy atom. The monoisotopic (exact) mass is 369 g/mol. The van der Waals surface area contributed by atoms with Gasteiger partial charge in [-0.2, -0.15) is 4.98 Å². The molecule has 0 atom stereocenters. The van der Waals surface area contributed by atoms with Gasteiger partial charge in [-0.15, -0.1) is 5.10 Å². The molecule has 9 nitrogen and oxygen atoms in total. The number of hydrogen-bond donors (Lipinski definition) is 2. The number of rotatable bonds is 4. The molecule has 0 aliphatic heterocycles. The van der Waals surface area contributed by atoms with Crippen LogP contribution in [0.5, 0.6) is 0 Å². The fourth-order valence-corrected chi connectivity index (χ4v) is 2.66. The van der Waals surface area contributed by atoms with Crippen LogP contribution in [0.2, 0.25) is 5.02 Å². The molecule has 0 aliphatic carbocycles. The smallest absolute Gasteiger partial charge is 0.246 e. The summed E-state index contributed by atoms with van der Waals surface area (Å²) in [6.07, 6.45) is 1.52. The minimum atomic E-state index is -0.309. The summed E-state index contributed by atoms with van der Waals surface area (Å²) in [6.45, 7) is -0.100. The molecule has 10 heteroatoms. The van der Waals surface area contributed by atoms with Gasteiger partial charge in [0.1, 0.15) is 12.2 Å². The first kappa shape index (κ1) is 16.0.